The van der Waals surface area contributed by atoms with E-state index in [2.05, 4.69) is 10.0 Å². The SMILES string of the molecule is O=C(Nc1cccc(S(=O)(=O)NC2CC2)c1)C1CC(=O)N(C2CC2)C1. The summed E-state index contributed by atoms with van der Waals surface area (Å²) in [5, 5.41) is 2.76. The van der Waals surface area contributed by atoms with Gasteiger partial charge in [0.2, 0.25) is 21.8 Å². The van der Waals surface area contributed by atoms with Crippen LogP contribution in [0.4, 0.5) is 5.69 Å². The highest BCUT2D eigenvalue weighted by atomic mass is 32.2. The quantitative estimate of drug-likeness (QED) is 0.790. The molecule has 1 heterocycles. The van der Waals surface area contributed by atoms with Crippen LogP contribution >= 0.6 is 0 Å². The molecule has 3 fully saturated rings. The van der Waals surface area contributed by atoms with Gasteiger partial charge in [0.15, 0.2) is 0 Å². The Balaban J connectivity index is 1.43. The van der Waals surface area contributed by atoms with E-state index in [0.717, 1.165) is 25.7 Å². The monoisotopic (exact) mass is 363 g/mol. The zero-order chi connectivity index (χ0) is 17.6. The van der Waals surface area contributed by atoms with Crippen LogP contribution < -0.4 is 10.0 Å². The van der Waals surface area contributed by atoms with Gasteiger partial charge in [0.25, 0.3) is 0 Å². The normalized spacial score (nSPS) is 23.8. The van der Waals surface area contributed by atoms with Gasteiger partial charge < -0.3 is 10.2 Å². The Kier molecular flexibility index (Phi) is 4.04. The minimum absolute atomic E-state index is 0.0288. The first-order valence-electron chi connectivity index (χ1n) is 8.65. The van der Waals surface area contributed by atoms with Crippen molar-refractivity contribution in [2.75, 3.05) is 11.9 Å². The van der Waals surface area contributed by atoms with Crippen molar-refractivity contribution in [2.45, 2.75) is 49.1 Å². The van der Waals surface area contributed by atoms with Crippen molar-refractivity contribution >= 4 is 27.5 Å². The molecular weight excluding hydrogens is 342 g/mol. The number of rotatable bonds is 6. The Hall–Kier alpha value is -1.93. The molecule has 0 spiro atoms. The molecule has 2 aliphatic carbocycles. The van der Waals surface area contributed by atoms with Gasteiger partial charge in [-0.2, -0.15) is 0 Å². The van der Waals surface area contributed by atoms with E-state index in [-0.39, 0.29) is 35.1 Å². The molecule has 7 nitrogen and oxygen atoms in total. The average molecular weight is 363 g/mol. The molecule has 1 aliphatic heterocycles. The van der Waals surface area contributed by atoms with E-state index < -0.39 is 10.0 Å². The van der Waals surface area contributed by atoms with Gasteiger partial charge in [0.1, 0.15) is 0 Å². The van der Waals surface area contributed by atoms with Crippen LogP contribution in [0.3, 0.4) is 0 Å². The van der Waals surface area contributed by atoms with E-state index in [4.69, 9.17) is 0 Å². The Morgan fingerprint density at radius 2 is 1.92 bits per heavy atom. The molecular formula is C17H21N3O4S. The van der Waals surface area contributed by atoms with Crippen molar-refractivity contribution in [3.63, 3.8) is 0 Å². The summed E-state index contributed by atoms with van der Waals surface area (Å²) in [4.78, 5) is 26.4. The van der Waals surface area contributed by atoms with Crippen molar-refractivity contribution in [3.05, 3.63) is 24.3 Å². The van der Waals surface area contributed by atoms with Crippen molar-refractivity contribution < 1.29 is 18.0 Å². The molecule has 134 valence electrons. The first-order chi connectivity index (χ1) is 11.9. The molecule has 25 heavy (non-hydrogen) atoms. The van der Waals surface area contributed by atoms with E-state index in [1.165, 1.54) is 12.1 Å². The van der Waals surface area contributed by atoms with Crippen LogP contribution in [0.5, 0.6) is 0 Å². The maximum absolute atomic E-state index is 12.4. The Labute approximate surface area is 146 Å². The van der Waals surface area contributed by atoms with Crippen LogP contribution in [0.15, 0.2) is 29.2 Å². The maximum atomic E-state index is 12.4. The summed E-state index contributed by atoms with van der Waals surface area (Å²) < 4.78 is 27.2. The number of amides is 2. The molecule has 2 saturated carbocycles. The van der Waals surface area contributed by atoms with Crippen LogP contribution in [0.1, 0.15) is 32.1 Å². The van der Waals surface area contributed by atoms with E-state index in [9.17, 15) is 18.0 Å². The van der Waals surface area contributed by atoms with E-state index in [0.29, 0.717) is 18.3 Å². The summed E-state index contributed by atoms with van der Waals surface area (Å²) in [6, 6.07) is 6.57. The molecule has 2 N–H and O–H groups in total. The lowest BCUT2D eigenvalue weighted by atomic mass is 10.1. The lowest BCUT2D eigenvalue weighted by molar-refractivity contribution is -0.128. The standard InChI is InChI=1S/C17H21N3O4S/c21-16-8-11(10-20(16)14-6-7-14)17(22)18-13-2-1-3-15(9-13)25(23,24)19-12-4-5-12/h1-3,9,11-12,14,19H,4-8,10H2,(H,18,22). The zero-order valence-corrected chi connectivity index (χ0v) is 14.6. The number of anilines is 1. The Morgan fingerprint density at radius 3 is 2.60 bits per heavy atom. The van der Waals surface area contributed by atoms with Gasteiger partial charge >= 0.3 is 0 Å². The molecule has 4 rings (SSSR count). The summed E-state index contributed by atoms with van der Waals surface area (Å²) in [6.45, 7) is 0.455. The van der Waals surface area contributed by atoms with Crippen molar-refractivity contribution in [1.29, 1.82) is 0 Å². The lowest BCUT2D eigenvalue weighted by Gasteiger charge is -2.15. The summed E-state index contributed by atoms with van der Waals surface area (Å²) >= 11 is 0. The van der Waals surface area contributed by atoms with Gasteiger partial charge in [0.05, 0.1) is 10.8 Å². The van der Waals surface area contributed by atoms with Gasteiger partial charge in [0, 0.05) is 30.7 Å². The second kappa shape index (κ2) is 6.10. The van der Waals surface area contributed by atoms with Gasteiger partial charge in [-0.15, -0.1) is 0 Å². The fourth-order valence-corrected chi connectivity index (χ4v) is 4.47. The number of carbonyl (C=O) groups is 2. The third kappa shape index (κ3) is 3.69. The summed E-state index contributed by atoms with van der Waals surface area (Å²) in [5.74, 6) is -0.577. The number of sulfonamides is 1. The molecule has 1 unspecified atom stereocenters. The topological polar surface area (TPSA) is 95.6 Å². The molecule has 0 radical (unpaired) electrons. The van der Waals surface area contributed by atoms with Crippen molar-refractivity contribution in [1.82, 2.24) is 9.62 Å². The Bertz CT molecular complexity index is 815. The number of hydrogen-bond acceptors (Lipinski definition) is 4. The molecule has 0 bridgehead atoms. The largest absolute Gasteiger partial charge is 0.339 e. The minimum Gasteiger partial charge on any atom is -0.339 e. The van der Waals surface area contributed by atoms with Crippen LogP contribution in [0, 0.1) is 5.92 Å². The molecule has 2 amide bonds. The van der Waals surface area contributed by atoms with Crippen LogP contribution in [0.2, 0.25) is 0 Å². The summed E-state index contributed by atoms with van der Waals surface area (Å²) in [7, 11) is -3.56. The highest BCUT2D eigenvalue weighted by molar-refractivity contribution is 7.89. The number of carbonyl (C=O) groups excluding carboxylic acids is 2. The zero-order valence-electron chi connectivity index (χ0n) is 13.8. The fourth-order valence-electron chi connectivity index (χ4n) is 3.12. The first-order valence-corrected chi connectivity index (χ1v) is 10.1. The van der Waals surface area contributed by atoms with Gasteiger partial charge in [-0.1, -0.05) is 6.07 Å². The summed E-state index contributed by atoms with van der Waals surface area (Å²) in [6.07, 6.45) is 4.00. The number of likely N-dealkylation sites (tertiary alicyclic amines) is 1. The predicted octanol–water partition coefficient (Wildman–Crippen LogP) is 1.08. The first kappa shape index (κ1) is 16.5. The second-order valence-corrected chi connectivity index (χ2v) is 8.80. The van der Waals surface area contributed by atoms with E-state index >= 15 is 0 Å². The highest BCUT2D eigenvalue weighted by Gasteiger charge is 2.41. The second-order valence-electron chi connectivity index (χ2n) is 7.09. The highest BCUT2D eigenvalue weighted by Crippen LogP contribution is 2.33. The van der Waals surface area contributed by atoms with E-state index in [1.54, 1.807) is 17.0 Å². The third-order valence-electron chi connectivity index (χ3n) is 4.83. The third-order valence-corrected chi connectivity index (χ3v) is 6.35. The number of nitrogens with zero attached hydrogens (tertiary/aromatic N) is 1. The molecule has 8 heteroatoms. The molecule has 0 aromatic heterocycles. The molecule has 1 atom stereocenters. The predicted molar refractivity (Wildman–Crippen MR) is 91.3 cm³/mol. The molecule has 1 aromatic carbocycles. The van der Waals surface area contributed by atoms with E-state index in [1.807, 2.05) is 0 Å². The number of hydrogen-bond donors (Lipinski definition) is 2. The molecule has 1 aromatic rings. The maximum Gasteiger partial charge on any atom is 0.240 e. The molecule has 1 saturated heterocycles. The smallest absolute Gasteiger partial charge is 0.240 e. The fraction of sp³-hybridized carbons (Fsp3) is 0.529. The van der Waals surface area contributed by atoms with Gasteiger partial charge in [-0.3, -0.25) is 9.59 Å². The van der Waals surface area contributed by atoms with Gasteiger partial charge in [-0.05, 0) is 43.9 Å². The molecule has 3 aliphatic rings. The van der Waals surface area contributed by atoms with Crippen LogP contribution in [0.25, 0.3) is 0 Å². The average Bonchev–Trinajstić information content (AvgIpc) is 3.48. The minimum atomic E-state index is -3.56. The van der Waals surface area contributed by atoms with Crippen LogP contribution in [-0.2, 0) is 19.6 Å². The van der Waals surface area contributed by atoms with Crippen LogP contribution in [-0.4, -0.2) is 43.8 Å². The van der Waals surface area contributed by atoms with Crippen molar-refractivity contribution in [2.24, 2.45) is 5.92 Å². The van der Waals surface area contributed by atoms with Gasteiger partial charge in [-0.25, -0.2) is 13.1 Å². The number of benzene rings is 1. The summed E-state index contributed by atoms with van der Waals surface area (Å²) in [5.41, 5.74) is 0.431. The lowest BCUT2D eigenvalue weighted by Crippen LogP contribution is -2.30. The Morgan fingerprint density at radius 1 is 1.16 bits per heavy atom. The number of nitrogens with one attached hydrogen (secondary N) is 2. The van der Waals surface area contributed by atoms with Crippen molar-refractivity contribution in [3.8, 4) is 0 Å².